The smallest absolute Gasteiger partial charge is 0.240 e. The molecule has 0 saturated carbocycles. The van der Waals surface area contributed by atoms with Crippen molar-refractivity contribution in [3.05, 3.63) is 69.2 Å². The Morgan fingerprint density at radius 2 is 1.74 bits per heavy atom. The molecule has 0 unspecified atom stereocenters. The van der Waals surface area contributed by atoms with Crippen molar-refractivity contribution in [2.24, 2.45) is 5.73 Å². The lowest BCUT2D eigenvalue weighted by molar-refractivity contribution is -0.133. The van der Waals surface area contributed by atoms with Gasteiger partial charge in [-0.3, -0.25) is 4.79 Å². The molecule has 122 valence electrons. The summed E-state index contributed by atoms with van der Waals surface area (Å²) >= 11 is 12.0. The maximum absolute atomic E-state index is 12.5. The van der Waals surface area contributed by atoms with E-state index in [1.54, 1.807) is 17.0 Å². The number of carbonyl (C=O) groups is 1. The average molecular weight is 372 g/mol. The van der Waals surface area contributed by atoms with Crippen molar-refractivity contribution >= 4 is 41.5 Å². The molecule has 0 fully saturated rings. The topological polar surface area (TPSA) is 46.3 Å². The Balaban J connectivity index is 0.00000192. The molecule has 0 spiro atoms. The van der Waals surface area contributed by atoms with Crippen LogP contribution in [0.25, 0.3) is 0 Å². The molecule has 0 aliphatic carbocycles. The molecule has 0 bridgehead atoms. The highest BCUT2D eigenvalue weighted by Crippen LogP contribution is 2.25. The number of halogens is 3. The first-order chi connectivity index (χ1) is 10.5. The van der Waals surface area contributed by atoms with Crippen molar-refractivity contribution in [3.8, 4) is 0 Å². The van der Waals surface area contributed by atoms with E-state index in [1.807, 2.05) is 30.3 Å². The summed E-state index contributed by atoms with van der Waals surface area (Å²) < 4.78 is 0. The van der Waals surface area contributed by atoms with Gasteiger partial charge in [-0.1, -0.05) is 53.5 Å². The van der Waals surface area contributed by atoms with Crippen LogP contribution in [0.2, 0.25) is 10.0 Å². The lowest BCUT2D eigenvalue weighted by Gasteiger charge is -2.20. The van der Waals surface area contributed by atoms with Crippen molar-refractivity contribution in [3.63, 3.8) is 0 Å². The van der Waals surface area contributed by atoms with Crippen molar-refractivity contribution in [1.29, 1.82) is 0 Å². The normalized spacial score (nSPS) is 14.1. The van der Waals surface area contributed by atoms with Crippen LogP contribution in [0.15, 0.2) is 42.5 Å². The fourth-order valence-electron chi connectivity index (χ4n) is 2.73. The van der Waals surface area contributed by atoms with E-state index >= 15 is 0 Å². The van der Waals surface area contributed by atoms with Gasteiger partial charge < -0.3 is 10.6 Å². The largest absolute Gasteiger partial charge is 0.333 e. The Hall–Kier alpha value is -1.26. The van der Waals surface area contributed by atoms with E-state index in [2.05, 4.69) is 0 Å². The molecule has 1 aliphatic heterocycles. The minimum Gasteiger partial charge on any atom is -0.333 e. The Kier molecular flexibility index (Phi) is 5.93. The molecule has 0 radical (unpaired) electrons. The SMILES string of the molecule is Cl.N[C@H](Cc1ccc(Cl)cc1Cl)C(=O)N1Cc2ccccc2C1. The highest BCUT2D eigenvalue weighted by atomic mass is 35.5. The summed E-state index contributed by atoms with van der Waals surface area (Å²) in [5.41, 5.74) is 9.30. The number of amides is 1. The Labute approximate surface area is 151 Å². The molecule has 2 aromatic rings. The number of rotatable bonds is 3. The summed E-state index contributed by atoms with van der Waals surface area (Å²) in [5.74, 6) is -0.0535. The molecule has 2 N–H and O–H groups in total. The number of hydrogen-bond acceptors (Lipinski definition) is 2. The molecule has 1 aliphatic rings. The molecule has 3 nitrogen and oxygen atoms in total. The monoisotopic (exact) mass is 370 g/mol. The molecule has 3 rings (SSSR count). The second-order valence-electron chi connectivity index (χ2n) is 5.51. The first kappa shape index (κ1) is 18.1. The number of carbonyl (C=O) groups excluding carboxylic acids is 1. The molecule has 1 atom stereocenters. The number of hydrogen-bond donors (Lipinski definition) is 1. The maximum Gasteiger partial charge on any atom is 0.240 e. The van der Waals surface area contributed by atoms with Gasteiger partial charge in [-0.05, 0) is 35.2 Å². The lowest BCUT2D eigenvalue weighted by atomic mass is 10.1. The molecular formula is C17H17Cl3N2O. The Morgan fingerprint density at radius 1 is 1.13 bits per heavy atom. The average Bonchev–Trinajstić information content (AvgIpc) is 2.93. The predicted octanol–water partition coefficient (Wildman–Crippen LogP) is 3.83. The highest BCUT2D eigenvalue weighted by Gasteiger charge is 2.27. The fraction of sp³-hybridized carbons (Fsp3) is 0.235. The minimum atomic E-state index is -0.604. The Bertz CT molecular complexity index is 696. The lowest BCUT2D eigenvalue weighted by Crippen LogP contribution is -2.42. The first-order valence-electron chi connectivity index (χ1n) is 7.09. The van der Waals surface area contributed by atoms with Gasteiger partial charge in [0.15, 0.2) is 0 Å². The van der Waals surface area contributed by atoms with E-state index in [-0.39, 0.29) is 18.3 Å². The van der Waals surface area contributed by atoms with Gasteiger partial charge in [-0.2, -0.15) is 0 Å². The summed E-state index contributed by atoms with van der Waals surface area (Å²) in [5, 5.41) is 1.11. The molecule has 23 heavy (non-hydrogen) atoms. The number of fused-ring (bicyclic) bond motifs is 1. The van der Waals surface area contributed by atoms with E-state index in [4.69, 9.17) is 28.9 Å². The number of nitrogens with zero attached hydrogens (tertiary/aromatic N) is 1. The number of benzene rings is 2. The Morgan fingerprint density at radius 3 is 2.30 bits per heavy atom. The quantitative estimate of drug-likeness (QED) is 0.891. The van der Waals surface area contributed by atoms with Crippen LogP contribution in [0.4, 0.5) is 0 Å². The molecule has 2 aromatic carbocycles. The zero-order valence-corrected chi connectivity index (χ0v) is 14.7. The molecule has 0 aromatic heterocycles. The van der Waals surface area contributed by atoms with E-state index < -0.39 is 6.04 Å². The minimum absolute atomic E-state index is 0. The molecular weight excluding hydrogens is 355 g/mol. The van der Waals surface area contributed by atoms with Crippen LogP contribution in [0, 0.1) is 0 Å². The number of nitrogens with two attached hydrogens (primary N) is 1. The van der Waals surface area contributed by atoms with Gasteiger partial charge in [0.2, 0.25) is 5.91 Å². The van der Waals surface area contributed by atoms with Crippen LogP contribution in [-0.4, -0.2) is 16.8 Å². The third-order valence-corrected chi connectivity index (χ3v) is 4.51. The van der Waals surface area contributed by atoms with Crippen LogP contribution >= 0.6 is 35.6 Å². The fourth-order valence-corrected chi connectivity index (χ4v) is 3.22. The van der Waals surface area contributed by atoms with Gasteiger partial charge in [0.05, 0.1) is 6.04 Å². The van der Waals surface area contributed by atoms with Gasteiger partial charge >= 0.3 is 0 Å². The van der Waals surface area contributed by atoms with Crippen LogP contribution in [0.1, 0.15) is 16.7 Å². The van der Waals surface area contributed by atoms with Crippen LogP contribution in [0.5, 0.6) is 0 Å². The summed E-state index contributed by atoms with van der Waals surface area (Å²) in [7, 11) is 0. The molecule has 6 heteroatoms. The van der Waals surface area contributed by atoms with Gasteiger partial charge in [-0.25, -0.2) is 0 Å². The van der Waals surface area contributed by atoms with Crippen molar-refractivity contribution < 1.29 is 4.79 Å². The van der Waals surface area contributed by atoms with Crippen LogP contribution in [-0.2, 0) is 24.3 Å². The van der Waals surface area contributed by atoms with Gasteiger partial charge in [-0.15, -0.1) is 12.4 Å². The maximum atomic E-state index is 12.5. The van der Waals surface area contributed by atoms with E-state index in [0.29, 0.717) is 29.6 Å². The zero-order chi connectivity index (χ0) is 15.7. The summed E-state index contributed by atoms with van der Waals surface area (Å²) in [6.45, 7) is 1.24. The summed E-state index contributed by atoms with van der Waals surface area (Å²) in [4.78, 5) is 14.3. The van der Waals surface area contributed by atoms with Crippen molar-refractivity contribution in [2.45, 2.75) is 25.6 Å². The van der Waals surface area contributed by atoms with Crippen LogP contribution < -0.4 is 5.73 Å². The van der Waals surface area contributed by atoms with E-state index in [9.17, 15) is 4.79 Å². The van der Waals surface area contributed by atoms with Gasteiger partial charge in [0, 0.05) is 23.1 Å². The standard InChI is InChI=1S/C17H16Cl2N2O.ClH/c18-14-6-5-11(15(19)8-14)7-16(20)17(22)21-9-12-3-1-2-4-13(12)10-21;/h1-6,8,16H,7,9-10,20H2;1H/t16-;/m1./s1. The van der Waals surface area contributed by atoms with Crippen LogP contribution in [0.3, 0.4) is 0 Å². The molecule has 1 amide bonds. The molecule has 0 saturated heterocycles. The highest BCUT2D eigenvalue weighted by molar-refractivity contribution is 6.35. The summed E-state index contributed by atoms with van der Waals surface area (Å²) in [6, 6.07) is 12.7. The van der Waals surface area contributed by atoms with Gasteiger partial charge in [0.1, 0.15) is 0 Å². The predicted molar refractivity (Wildman–Crippen MR) is 96.1 cm³/mol. The first-order valence-corrected chi connectivity index (χ1v) is 7.85. The third-order valence-electron chi connectivity index (χ3n) is 3.92. The van der Waals surface area contributed by atoms with Gasteiger partial charge in [0.25, 0.3) is 0 Å². The van der Waals surface area contributed by atoms with E-state index in [0.717, 1.165) is 5.56 Å². The zero-order valence-electron chi connectivity index (χ0n) is 12.3. The second-order valence-corrected chi connectivity index (χ2v) is 6.35. The molecule has 1 heterocycles. The third kappa shape index (κ3) is 3.99. The second kappa shape index (κ2) is 7.54. The summed E-state index contributed by atoms with van der Waals surface area (Å²) in [6.07, 6.45) is 0.404. The van der Waals surface area contributed by atoms with E-state index in [1.165, 1.54) is 11.1 Å². The van der Waals surface area contributed by atoms with Crippen molar-refractivity contribution in [2.75, 3.05) is 0 Å². The van der Waals surface area contributed by atoms with Crippen molar-refractivity contribution in [1.82, 2.24) is 4.90 Å².